The fraction of sp³-hybridized carbons (Fsp3) is 0.250. The highest BCUT2D eigenvalue weighted by Crippen LogP contribution is 2.31. The Balaban J connectivity index is 1.98. The van der Waals surface area contributed by atoms with Crippen molar-refractivity contribution < 1.29 is 14.3 Å². The number of carbonyl (C=O) groups is 1. The molecule has 18 heavy (non-hydrogen) atoms. The van der Waals surface area contributed by atoms with Crippen molar-refractivity contribution in [3.8, 4) is 11.5 Å². The largest absolute Gasteiger partial charge is 0.486 e. The van der Waals surface area contributed by atoms with E-state index in [0.29, 0.717) is 40.8 Å². The van der Waals surface area contributed by atoms with Crippen LogP contribution in [0.15, 0.2) is 18.2 Å². The first-order valence-corrected chi connectivity index (χ1v) is 6.26. The lowest BCUT2D eigenvalue weighted by molar-refractivity contribution is 0.104. The van der Waals surface area contributed by atoms with E-state index in [1.807, 2.05) is 0 Å². The van der Waals surface area contributed by atoms with E-state index in [9.17, 15) is 4.79 Å². The minimum atomic E-state index is -0.0838. The van der Waals surface area contributed by atoms with Gasteiger partial charge in [0.15, 0.2) is 11.5 Å². The topological polar surface area (TPSA) is 61.3 Å². The quantitative estimate of drug-likeness (QED) is 0.773. The summed E-state index contributed by atoms with van der Waals surface area (Å²) in [5.74, 6) is 1.21. The summed E-state index contributed by atoms with van der Waals surface area (Å²) >= 11 is 1.11. The van der Waals surface area contributed by atoms with Gasteiger partial charge in [-0.3, -0.25) is 4.79 Å². The Labute approximate surface area is 108 Å². The van der Waals surface area contributed by atoms with Crippen molar-refractivity contribution in [1.82, 2.24) is 9.59 Å². The van der Waals surface area contributed by atoms with Crippen molar-refractivity contribution >= 4 is 17.3 Å². The monoisotopic (exact) mass is 262 g/mol. The second-order valence-electron chi connectivity index (χ2n) is 3.88. The first-order chi connectivity index (χ1) is 8.75. The number of carbonyl (C=O) groups excluding carboxylic acids is 1. The summed E-state index contributed by atoms with van der Waals surface area (Å²) in [5.41, 5.74) is 1.22. The summed E-state index contributed by atoms with van der Waals surface area (Å²) in [6.07, 6.45) is 0. The van der Waals surface area contributed by atoms with E-state index in [4.69, 9.17) is 9.47 Å². The summed E-state index contributed by atoms with van der Waals surface area (Å²) in [5, 5.41) is 3.84. The van der Waals surface area contributed by atoms with Gasteiger partial charge in [0.25, 0.3) is 0 Å². The molecule has 0 spiro atoms. The molecule has 6 heteroatoms. The zero-order valence-corrected chi connectivity index (χ0v) is 10.5. The average Bonchev–Trinajstić information content (AvgIpc) is 2.83. The zero-order chi connectivity index (χ0) is 12.5. The maximum absolute atomic E-state index is 12.2. The number of ketones is 1. The third-order valence-corrected chi connectivity index (χ3v) is 3.49. The number of ether oxygens (including phenoxy) is 2. The van der Waals surface area contributed by atoms with Crippen molar-refractivity contribution in [2.75, 3.05) is 13.2 Å². The molecule has 1 aromatic carbocycles. The molecule has 92 valence electrons. The smallest absolute Gasteiger partial charge is 0.206 e. The molecule has 0 amide bonds. The molecule has 0 saturated heterocycles. The van der Waals surface area contributed by atoms with Crippen molar-refractivity contribution in [3.05, 3.63) is 34.3 Å². The van der Waals surface area contributed by atoms with Gasteiger partial charge in [0.05, 0.1) is 5.69 Å². The van der Waals surface area contributed by atoms with E-state index >= 15 is 0 Å². The van der Waals surface area contributed by atoms with E-state index in [2.05, 4.69) is 9.59 Å². The average molecular weight is 262 g/mol. The van der Waals surface area contributed by atoms with Crippen molar-refractivity contribution in [1.29, 1.82) is 0 Å². The highest BCUT2D eigenvalue weighted by Gasteiger charge is 2.19. The van der Waals surface area contributed by atoms with Gasteiger partial charge < -0.3 is 9.47 Å². The first kappa shape index (κ1) is 11.2. The standard InChI is InChI=1S/C12H10N2O3S/c1-7-12(18-14-13-7)11(15)8-2-3-9-10(6-8)17-5-4-16-9/h2-3,6H,4-5H2,1H3. The minimum Gasteiger partial charge on any atom is -0.486 e. The van der Waals surface area contributed by atoms with Crippen LogP contribution in [0.2, 0.25) is 0 Å². The molecule has 0 radical (unpaired) electrons. The Morgan fingerprint density at radius 3 is 2.78 bits per heavy atom. The van der Waals surface area contributed by atoms with Gasteiger partial charge >= 0.3 is 0 Å². The fourth-order valence-corrected chi connectivity index (χ4v) is 2.37. The Bertz CT molecular complexity index is 609. The van der Waals surface area contributed by atoms with Crippen LogP contribution >= 0.6 is 11.5 Å². The van der Waals surface area contributed by atoms with Crippen LogP contribution < -0.4 is 9.47 Å². The van der Waals surface area contributed by atoms with Crippen LogP contribution in [0.3, 0.4) is 0 Å². The van der Waals surface area contributed by atoms with Gasteiger partial charge in [-0.1, -0.05) is 4.49 Å². The number of rotatable bonds is 2. The van der Waals surface area contributed by atoms with Crippen LogP contribution in [0.5, 0.6) is 11.5 Å². The van der Waals surface area contributed by atoms with Gasteiger partial charge in [-0.2, -0.15) is 0 Å². The molecule has 0 aliphatic carbocycles. The Morgan fingerprint density at radius 2 is 2.06 bits per heavy atom. The van der Waals surface area contributed by atoms with Crippen LogP contribution in [-0.4, -0.2) is 28.6 Å². The number of nitrogens with zero attached hydrogens (tertiary/aromatic N) is 2. The lowest BCUT2D eigenvalue weighted by atomic mass is 10.1. The van der Waals surface area contributed by atoms with E-state index in [-0.39, 0.29) is 5.78 Å². The molecule has 0 unspecified atom stereocenters. The van der Waals surface area contributed by atoms with Crippen LogP contribution in [-0.2, 0) is 0 Å². The molecule has 0 bridgehead atoms. The number of benzene rings is 1. The van der Waals surface area contributed by atoms with Crippen LogP contribution in [0.25, 0.3) is 0 Å². The van der Waals surface area contributed by atoms with Crippen LogP contribution in [0, 0.1) is 6.92 Å². The normalized spacial score (nSPS) is 13.4. The number of hydrogen-bond donors (Lipinski definition) is 0. The molecular formula is C12H10N2O3S. The van der Waals surface area contributed by atoms with Gasteiger partial charge in [-0.15, -0.1) is 5.10 Å². The van der Waals surface area contributed by atoms with E-state index in [1.165, 1.54) is 0 Å². The van der Waals surface area contributed by atoms with E-state index < -0.39 is 0 Å². The Kier molecular flexibility index (Phi) is 2.71. The summed E-state index contributed by atoms with van der Waals surface area (Å²) in [6, 6.07) is 5.19. The van der Waals surface area contributed by atoms with E-state index in [0.717, 1.165) is 11.5 Å². The maximum atomic E-state index is 12.2. The molecule has 1 aliphatic rings. The highest BCUT2D eigenvalue weighted by molar-refractivity contribution is 7.08. The molecule has 1 aliphatic heterocycles. The second-order valence-corrected chi connectivity index (χ2v) is 4.63. The van der Waals surface area contributed by atoms with Crippen LogP contribution in [0.1, 0.15) is 20.9 Å². The molecule has 0 atom stereocenters. The third-order valence-electron chi connectivity index (χ3n) is 2.66. The van der Waals surface area contributed by atoms with Gasteiger partial charge in [0.2, 0.25) is 5.78 Å². The Hall–Kier alpha value is -1.95. The van der Waals surface area contributed by atoms with Crippen LogP contribution in [0.4, 0.5) is 0 Å². The number of fused-ring (bicyclic) bond motifs is 1. The maximum Gasteiger partial charge on any atom is 0.206 e. The number of aromatic nitrogens is 2. The van der Waals surface area contributed by atoms with Gasteiger partial charge in [-0.05, 0) is 36.7 Å². The zero-order valence-electron chi connectivity index (χ0n) is 9.67. The lowest BCUT2D eigenvalue weighted by Gasteiger charge is -2.18. The lowest BCUT2D eigenvalue weighted by Crippen LogP contribution is -2.15. The van der Waals surface area contributed by atoms with Crippen molar-refractivity contribution in [2.45, 2.75) is 6.92 Å². The summed E-state index contributed by atoms with van der Waals surface area (Å²) < 4.78 is 14.6. The van der Waals surface area contributed by atoms with Gasteiger partial charge in [-0.25, -0.2) is 0 Å². The van der Waals surface area contributed by atoms with E-state index in [1.54, 1.807) is 25.1 Å². The molecule has 2 heterocycles. The molecule has 0 N–H and O–H groups in total. The highest BCUT2D eigenvalue weighted by atomic mass is 32.1. The number of aryl methyl sites for hydroxylation is 1. The third kappa shape index (κ3) is 1.84. The molecule has 0 saturated carbocycles. The second kappa shape index (κ2) is 4.38. The molecule has 0 fully saturated rings. The predicted molar refractivity (Wildman–Crippen MR) is 65.5 cm³/mol. The fourth-order valence-electron chi connectivity index (χ4n) is 1.76. The predicted octanol–water partition coefficient (Wildman–Crippen LogP) is 1.85. The molecular weight excluding hydrogens is 252 g/mol. The van der Waals surface area contributed by atoms with Crippen molar-refractivity contribution in [3.63, 3.8) is 0 Å². The number of hydrogen-bond acceptors (Lipinski definition) is 6. The van der Waals surface area contributed by atoms with Gasteiger partial charge in [0, 0.05) is 5.56 Å². The molecule has 2 aromatic rings. The SMILES string of the molecule is Cc1nnsc1C(=O)c1ccc2c(c1)OCCO2. The van der Waals surface area contributed by atoms with Crippen molar-refractivity contribution in [2.24, 2.45) is 0 Å². The first-order valence-electron chi connectivity index (χ1n) is 5.49. The molecule has 5 nitrogen and oxygen atoms in total. The minimum absolute atomic E-state index is 0.0838. The summed E-state index contributed by atoms with van der Waals surface area (Å²) in [4.78, 5) is 12.8. The molecule has 1 aromatic heterocycles. The Morgan fingerprint density at radius 1 is 1.28 bits per heavy atom. The molecule has 3 rings (SSSR count). The summed E-state index contributed by atoms with van der Waals surface area (Å²) in [7, 11) is 0. The summed E-state index contributed by atoms with van der Waals surface area (Å²) in [6.45, 7) is 2.82. The van der Waals surface area contributed by atoms with Gasteiger partial charge in [0.1, 0.15) is 18.1 Å².